The number of rotatable bonds is 4. The van der Waals surface area contributed by atoms with Gasteiger partial charge in [0.05, 0.1) is 0 Å². The van der Waals surface area contributed by atoms with E-state index >= 15 is 0 Å². The highest BCUT2D eigenvalue weighted by molar-refractivity contribution is 5.80. The summed E-state index contributed by atoms with van der Waals surface area (Å²) in [5.41, 5.74) is 10.2. The van der Waals surface area contributed by atoms with E-state index in [1.54, 1.807) is 0 Å². The first kappa shape index (κ1) is 23.8. The van der Waals surface area contributed by atoms with Gasteiger partial charge in [-0.1, -0.05) is 102 Å². The molecule has 0 atom stereocenters. The van der Waals surface area contributed by atoms with E-state index in [-0.39, 0.29) is 10.8 Å². The normalized spacial score (nSPS) is 12.0. The molecule has 0 heterocycles. The van der Waals surface area contributed by atoms with Crippen LogP contribution in [0.4, 0.5) is 17.1 Å². The molecule has 0 aliphatic rings. The van der Waals surface area contributed by atoms with Crippen LogP contribution < -0.4 is 4.90 Å². The predicted octanol–water partition coefficient (Wildman–Crippen LogP) is 9.73. The van der Waals surface area contributed by atoms with Gasteiger partial charge in [-0.2, -0.15) is 0 Å². The van der Waals surface area contributed by atoms with Crippen molar-refractivity contribution in [3.63, 3.8) is 0 Å². The lowest BCUT2D eigenvalue weighted by Gasteiger charge is -2.28. The zero-order valence-electron chi connectivity index (χ0n) is 21.7. The lowest BCUT2D eigenvalue weighted by atomic mass is 9.86. The lowest BCUT2D eigenvalue weighted by Crippen LogP contribution is -2.14. The first-order valence-electron chi connectivity index (χ1n) is 12.2. The Hall–Kier alpha value is -3.32. The van der Waals surface area contributed by atoms with Crippen LogP contribution in [0.5, 0.6) is 0 Å². The SMILES string of the molecule is Cc1cc(-c2ccccc2)cc(N(c2ccc(C(C)(C)C)cc2)c2ccc(C(C)(C)C)cc2)c1. The van der Waals surface area contributed by atoms with Crippen LogP contribution in [0, 0.1) is 6.92 Å². The van der Waals surface area contributed by atoms with Gasteiger partial charge in [-0.05, 0) is 82.0 Å². The third-order valence-corrected chi connectivity index (χ3v) is 6.41. The summed E-state index contributed by atoms with van der Waals surface area (Å²) >= 11 is 0. The molecule has 0 aliphatic carbocycles. The molecular weight excluding hydrogens is 410 g/mol. The second-order valence-corrected chi connectivity index (χ2v) is 11.4. The smallest absolute Gasteiger partial charge is 0.0470 e. The average Bonchev–Trinajstić information content (AvgIpc) is 2.79. The van der Waals surface area contributed by atoms with Gasteiger partial charge in [-0.3, -0.25) is 0 Å². The van der Waals surface area contributed by atoms with Crippen molar-refractivity contribution in [2.45, 2.75) is 59.3 Å². The molecule has 0 saturated heterocycles. The van der Waals surface area contributed by atoms with Crippen LogP contribution in [0.15, 0.2) is 97.1 Å². The summed E-state index contributed by atoms with van der Waals surface area (Å²) in [5, 5.41) is 0. The van der Waals surface area contributed by atoms with Gasteiger partial charge in [-0.25, -0.2) is 0 Å². The molecule has 0 unspecified atom stereocenters. The Morgan fingerprint density at radius 1 is 0.471 bits per heavy atom. The highest BCUT2D eigenvalue weighted by Crippen LogP contribution is 2.39. The van der Waals surface area contributed by atoms with Crippen LogP contribution in [0.25, 0.3) is 11.1 Å². The van der Waals surface area contributed by atoms with Crippen molar-refractivity contribution in [2.24, 2.45) is 0 Å². The minimum Gasteiger partial charge on any atom is -0.310 e. The highest BCUT2D eigenvalue weighted by Gasteiger charge is 2.19. The molecule has 34 heavy (non-hydrogen) atoms. The third-order valence-electron chi connectivity index (χ3n) is 6.41. The Labute approximate surface area is 206 Å². The molecule has 0 amide bonds. The fourth-order valence-corrected chi connectivity index (χ4v) is 4.36. The Kier molecular flexibility index (Phi) is 6.41. The Morgan fingerprint density at radius 2 is 0.941 bits per heavy atom. The van der Waals surface area contributed by atoms with E-state index in [0.29, 0.717) is 0 Å². The molecule has 0 bridgehead atoms. The first-order valence-corrected chi connectivity index (χ1v) is 12.2. The Bertz CT molecular complexity index is 1180. The fourth-order valence-electron chi connectivity index (χ4n) is 4.36. The van der Waals surface area contributed by atoms with Crippen LogP contribution >= 0.6 is 0 Å². The Balaban J connectivity index is 1.86. The third kappa shape index (κ3) is 5.25. The van der Waals surface area contributed by atoms with Gasteiger partial charge in [-0.15, -0.1) is 0 Å². The second kappa shape index (κ2) is 9.14. The molecule has 0 saturated carbocycles. The monoisotopic (exact) mass is 447 g/mol. The van der Waals surface area contributed by atoms with E-state index in [1.807, 2.05) is 0 Å². The van der Waals surface area contributed by atoms with E-state index in [2.05, 4.69) is 150 Å². The van der Waals surface area contributed by atoms with Gasteiger partial charge in [0, 0.05) is 17.1 Å². The maximum atomic E-state index is 2.37. The second-order valence-electron chi connectivity index (χ2n) is 11.4. The molecular formula is C33H37N. The van der Waals surface area contributed by atoms with Crippen molar-refractivity contribution in [1.29, 1.82) is 0 Å². The predicted molar refractivity (Wildman–Crippen MR) is 149 cm³/mol. The highest BCUT2D eigenvalue weighted by atomic mass is 15.1. The summed E-state index contributed by atoms with van der Waals surface area (Å²) in [6, 6.07) is 35.5. The standard InChI is InChI=1S/C33H37N/c1-24-21-26(25-11-9-8-10-12-25)23-31(22-24)34(29-17-13-27(14-18-29)32(2,3)4)30-19-15-28(16-20-30)33(5,6)7/h8-23H,1-7H3. The van der Waals surface area contributed by atoms with Crippen LogP contribution in [-0.4, -0.2) is 0 Å². The van der Waals surface area contributed by atoms with Crippen molar-refractivity contribution >= 4 is 17.1 Å². The molecule has 0 fully saturated rings. The van der Waals surface area contributed by atoms with Gasteiger partial charge >= 0.3 is 0 Å². The summed E-state index contributed by atoms with van der Waals surface area (Å²) in [4.78, 5) is 2.37. The molecule has 1 nitrogen and oxygen atoms in total. The van der Waals surface area contributed by atoms with E-state index in [1.165, 1.54) is 44.9 Å². The summed E-state index contributed by atoms with van der Waals surface area (Å²) in [7, 11) is 0. The first-order chi connectivity index (χ1) is 16.0. The molecule has 0 N–H and O–H groups in total. The number of hydrogen-bond acceptors (Lipinski definition) is 1. The van der Waals surface area contributed by atoms with Gasteiger partial charge in [0.2, 0.25) is 0 Å². The molecule has 174 valence electrons. The largest absolute Gasteiger partial charge is 0.310 e. The molecule has 0 aliphatic heterocycles. The summed E-state index contributed by atoms with van der Waals surface area (Å²) in [6.45, 7) is 15.7. The lowest BCUT2D eigenvalue weighted by molar-refractivity contribution is 0.590. The number of hydrogen-bond donors (Lipinski definition) is 0. The number of anilines is 3. The van der Waals surface area contributed by atoms with Gasteiger partial charge in [0.15, 0.2) is 0 Å². The quantitative estimate of drug-likeness (QED) is 0.301. The van der Waals surface area contributed by atoms with Gasteiger partial charge in [0.1, 0.15) is 0 Å². The van der Waals surface area contributed by atoms with Gasteiger partial charge in [0.25, 0.3) is 0 Å². The van der Waals surface area contributed by atoms with Crippen LogP contribution in [0.1, 0.15) is 58.2 Å². The number of benzene rings is 4. The number of aryl methyl sites for hydroxylation is 1. The maximum absolute atomic E-state index is 2.37. The zero-order valence-corrected chi connectivity index (χ0v) is 21.7. The Morgan fingerprint density at radius 3 is 1.38 bits per heavy atom. The van der Waals surface area contributed by atoms with Crippen LogP contribution in [-0.2, 0) is 10.8 Å². The zero-order chi connectivity index (χ0) is 24.5. The molecule has 0 radical (unpaired) electrons. The topological polar surface area (TPSA) is 3.24 Å². The minimum absolute atomic E-state index is 0.127. The summed E-state index contributed by atoms with van der Waals surface area (Å²) < 4.78 is 0. The van der Waals surface area contributed by atoms with E-state index in [4.69, 9.17) is 0 Å². The van der Waals surface area contributed by atoms with Crippen LogP contribution in [0.2, 0.25) is 0 Å². The molecule has 1 heteroatoms. The van der Waals surface area contributed by atoms with Crippen molar-refractivity contribution in [3.05, 3.63) is 114 Å². The van der Waals surface area contributed by atoms with Crippen molar-refractivity contribution in [2.75, 3.05) is 4.90 Å². The molecule has 0 aromatic heterocycles. The van der Waals surface area contributed by atoms with Crippen molar-refractivity contribution in [1.82, 2.24) is 0 Å². The molecule has 4 aromatic carbocycles. The summed E-state index contributed by atoms with van der Waals surface area (Å²) in [6.07, 6.45) is 0. The molecule has 0 spiro atoms. The fraction of sp³-hybridized carbons (Fsp3) is 0.273. The van der Waals surface area contributed by atoms with Crippen molar-refractivity contribution in [3.8, 4) is 11.1 Å². The van der Waals surface area contributed by atoms with Crippen LogP contribution in [0.3, 0.4) is 0 Å². The van der Waals surface area contributed by atoms with E-state index in [0.717, 1.165) is 0 Å². The number of nitrogens with zero attached hydrogens (tertiary/aromatic N) is 1. The maximum Gasteiger partial charge on any atom is 0.0470 e. The van der Waals surface area contributed by atoms with Crippen molar-refractivity contribution < 1.29 is 0 Å². The summed E-state index contributed by atoms with van der Waals surface area (Å²) in [5.74, 6) is 0. The molecule has 4 aromatic rings. The minimum atomic E-state index is 0.127. The van der Waals surface area contributed by atoms with E-state index < -0.39 is 0 Å². The molecule has 4 rings (SSSR count). The van der Waals surface area contributed by atoms with Gasteiger partial charge < -0.3 is 4.90 Å². The van der Waals surface area contributed by atoms with E-state index in [9.17, 15) is 0 Å². The average molecular weight is 448 g/mol.